The average molecular weight is 336 g/mol. The molecule has 0 aliphatic heterocycles. The summed E-state index contributed by atoms with van der Waals surface area (Å²) >= 11 is 1.55. The second kappa shape index (κ2) is 6.11. The monoisotopic (exact) mass is 336 g/mol. The molecule has 0 aromatic carbocycles. The molecular weight excluding hydrogens is 312 g/mol. The van der Waals surface area contributed by atoms with Gasteiger partial charge in [0.1, 0.15) is 16.2 Å². The molecule has 2 heterocycles. The second-order valence-electron chi connectivity index (χ2n) is 7.21. The van der Waals surface area contributed by atoms with Crippen molar-refractivity contribution in [3.8, 4) is 0 Å². The third-order valence-electron chi connectivity index (χ3n) is 3.49. The van der Waals surface area contributed by atoms with E-state index < -0.39 is 0 Å². The Hall–Kier alpha value is -1.63. The lowest BCUT2D eigenvalue weighted by molar-refractivity contribution is 0.539. The first-order chi connectivity index (χ1) is 10.5. The van der Waals surface area contributed by atoms with Crippen LogP contribution in [0.25, 0.3) is 11.0 Å². The van der Waals surface area contributed by atoms with Crippen LogP contribution in [-0.4, -0.2) is 24.9 Å². The maximum Gasteiger partial charge on any atom is 0.332 e. The van der Waals surface area contributed by atoms with Gasteiger partial charge in [-0.3, -0.25) is 13.9 Å². The molecule has 0 fully saturated rings. The van der Waals surface area contributed by atoms with Crippen molar-refractivity contribution in [2.24, 2.45) is 20.0 Å². The molecule has 0 saturated carbocycles. The molecule has 0 bridgehead atoms. The molecule has 0 unspecified atom stereocenters. The lowest BCUT2D eigenvalue weighted by Gasteiger charge is -2.19. The minimum Gasteiger partial charge on any atom is -0.280 e. The Labute approximate surface area is 140 Å². The molecule has 0 saturated heterocycles. The first-order valence-electron chi connectivity index (χ1n) is 7.65. The van der Waals surface area contributed by atoms with Crippen molar-refractivity contribution < 1.29 is 0 Å². The van der Waals surface area contributed by atoms with Crippen LogP contribution in [0.5, 0.6) is 0 Å². The van der Waals surface area contributed by atoms with Gasteiger partial charge in [0.15, 0.2) is 5.65 Å². The Morgan fingerprint density at radius 1 is 1.09 bits per heavy atom. The zero-order valence-electron chi connectivity index (χ0n) is 14.8. The van der Waals surface area contributed by atoms with E-state index in [0.29, 0.717) is 27.8 Å². The minimum absolute atomic E-state index is 0.265. The lowest BCUT2D eigenvalue weighted by atomic mass is 9.96. The number of aromatic nitrogens is 4. The number of hydrogen-bond donors (Lipinski definition) is 0. The highest BCUT2D eigenvalue weighted by atomic mass is 32.2. The minimum atomic E-state index is -0.374. The van der Waals surface area contributed by atoms with E-state index in [0.717, 1.165) is 10.3 Å². The normalized spacial score (nSPS) is 12.3. The second-order valence-corrected chi connectivity index (χ2v) is 8.22. The van der Waals surface area contributed by atoms with Crippen LogP contribution in [0.4, 0.5) is 0 Å². The number of nitrogens with zero attached hydrogens (tertiary/aromatic N) is 4. The number of hydrogen-bond acceptors (Lipinski definition) is 5. The van der Waals surface area contributed by atoms with Gasteiger partial charge in [0.2, 0.25) is 0 Å². The molecule has 0 N–H and O–H groups in total. The summed E-state index contributed by atoms with van der Waals surface area (Å²) in [5.41, 5.74) is -0.571. The van der Waals surface area contributed by atoms with E-state index in [1.807, 2.05) is 20.8 Å². The third-order valence-corrected chi connectivity index (χ3v) is 4.89. The average Bonchev–Trinajstić information content (AvgIpc) is 2.46. The molecule has 126 valence electrons. The fourth-order valence-electron chi connectivity index (χ4n) is 2.11. The van der Waals surface area contributed by atoms with Gasteiger partial charge < -0.3 is 0 Å². The van der Waals surface area contributed by atoms with E-state index >= 15 is 0 Å². The molecule has 2 aromatic heterocycles. The van der Waals surface area contributed by atoms with E-state index in [4.69, 9.17) is 0 Å². The molecule has 2 aromatic rings. The van der Waals surface area contributed by atoms with Crippen molar-refractivity contribution in [2.75, 3.05) is 5.75 Å². The molecule has 0 aliphatic rings. The molecule has 0 radical (unpaired) electrons. The molecule has 7 heteroatoms. The number of rotatable bonds is 3. The van der Waals surface area contributed by atoms with Crippen LogP contribution < -0.4 is 11.2 Å². The topological polar surface area (TPSA) is 69.8 Å². The number of fused-ring (bicyclic) bond motifs is 1. The van der Waals surface area contributed by atoms with E-state index in [1.54, 1.807) is 18.8 Å². The van der Waals surface area contributed by atoms with Crippen molar-refractivity contribution in [1.82, 2.24) is 19.1 Å². The fourth-order valence-corrected chi connectivity index (χ4v) is 3.08. The van der Waals surface area contributed by atoms with Gasteiger partial charge in [-0.15, -0.1) is 11.8 Å². The summed E-state index contributed by atoms with van der Waals surface area (Å²) in [6.45, 7) is 10.3. The van der Waals surface area contributed by atoms with Gasteiger partial charge >= 0.3 is 5.69 Å². The first-order valence-corrected chi connectivity index (χ1v) is 8.63. The summed E-state index contributed by atoms with van der Waals surface area (Å²) in [7, 11) is 3.12. The number of aryl methyl sites for hydroxylation is 1. The third kappa shape index (κ3) is 3.34. The predicted molar refractivity (Wildman–Crippen MR) is 94.3 cm³/mol. The standard InChI is InChI=1S/C16H24N4O2S/c1-9(2)8-23-12-10-11(17-14(18-12)16(3,4)5)19(6)15(22)20(7)13(10)21/h9H,8H2,1-7H3. The zero-order valence-corrected chi connectivity index (χ0v) is 15.6. The summed E-state index contributed by atoms with van der Waals surface area (Å²) in [5, 5.41) is 1.08. The highest BCUT2D eigenvalue weighted by molar-refractivity contribution is 7.99. The molecule has 0 spiro atoms. The molecule has 23 heavy (non-hydrogen) atoms. The van der Waals surface area contributed by atoms with Crippen LogP contribution in [0.3, 0.4) is 0 Å². The molecule has 2 rings (SSSR count). The quantitative estimate of drug-likeness (QED) is 0.634. The largest absolute Gasteiger partial charge is 0.332 e. The van der Waals surface area contributed by atoms with Crippen LogP contribution >= 0.6 is 11.8 Å². The number of thioether (sulfide) groups is 1. The van der Waals surface area contributed by atoms with Crippen molar-refractivity contribution in [1.29, 1.82) is 0 Å². The van der Waals surface area contributed by atoms with Crippen LogP contribution in [0.15, 0.2) is 14.6 Å². The van der Waals surface area contributed by atoms with Crippen molar-refractivity contribution in [2.45, 2.75) is 45.1 Å². The van der Waals surface area contributed by atoms with Gasteiger partial charge in [0.05, 0.1) is 0 Å². The highest BCUT2D eigenvalue weighted by Crippen LogP contribution is 2.27. The smallest absolute Gasteiger partial charge is 0.280 e. The van der Waals surface area contributed by atoms with Crippen molar-refractivity contribution >= 4 is 22.8 Å². The zero-order chi connectivity index (χ0) is 17.5. The molecule has 0 aliphatic carbocycles. The van der Waals surface area contributed by atoms with Gasteiger partial charge in [0, 0.05) is 25.3 Å². The van der Waals surface area contributed by atoms with E-state index in [2.05, 4.69) is 23.8 Å². The van der Waals surface area contributed by atoms with E-state index in [-0.39, 0.29) is 16.7 Å². The Morgan fingerprint density at radius 2 is 1.70 bits per heavy atom. The maximum atomic E-state index is 12.6. The predicted octanol–water partition coefficient (Wildman–Crippen LogP) is 2.07. The maximum absolute atomic E-state index is 12.6. The van der Waals surface area contributed by atoms with Crippen LogP contribution in [0.1, 0.15) is 40.4 Å². The summed E-state index contributed by atoms with van der Waals surface area (Å²) < 4.78 is 2.54. The Morgan fingerprint density at radius 3 is 2.22 bits per heavy atom. The first kappa shape index (κ1) is 17.7. The summed E-state index contributed by atoms with van der Waals surface area (Å²) in [5.74, 6) is 1.96. The fraction of sp³-hybridized carbons (Fsp3) is 0.625. The van der Waals surface area contributed by atoms with Crippen LogP contribution in [0.2, 0.25) is 0 Å². The lowest BCUT2D eigenvalue weighted by Crippen LogP contribution is -2.38. The molecule has 6 nitrogen and oxygen atoms in total. The van der Waals surface area contributed by atoms with Crippen LogP contribution in [-0.2, 0) is 19.5 Å². The Bertz CT molecular complexity index is 859. The van der Waals surface area contributed by atoms with Crippen molar-refractivity contribution in [3.63, 3.8) is 0 Å². The van der Waals surface area contributed by atoms with Gasteiger partial charge in [-0.1, -0.05) is 34.6 Å². The van der Waals surface area contributed by atoms with Gasteiger partial charge in [-0.2, -0.15) is 0 Å². The van der Waals surface area contributed by atoms with E-state index in [1.165, 1.54) is 11.6 Å². The van der Waals surface area contributed by atoms with Crippen LogP contribution in [0, 0.1) is 5.92 Å². The summed E-state index contributed by atoms with van der Waals surface area (Å²) in [6, 6.07) is 0. The molecular formula is C16H24N4O2S. The highest BCUT2D eigenvalue weighted by Gasteiger charge is 2.23. The van der Waals surface area contributed by atoms with Gasteiger partial charge in [0.25, 0.3) is 5.56 Å². The molecule has 0 amide bonds. The van der Waals surface area contributed by atoms with E-state index in [9.17, 15) is 9.59 Å². The SMILES string of the molecule is CC(C)CSc1nc(C(C)(C)C)nc2c1c(=O)n(C)c(=O)n2C. The Kier molecular flexibility index (Phi) is 4.71. The summed E-state index contributed by atoms with van der Waals surface area (Å²) in [4.78, 5) is 33.9. The summed E-state index contributed by atoms with van der Waals surface area (Å²) in [6.07, 6.45) is 0. The Balaban J connectivity index is 2.89. The van der Waals surface area contributed by atoms with Gasteiger partial charge in [-0.05, 0) is 5.92 Å². The van der Waals surface area contributed by atoms with Gasteiger partial charge in [-0.25, -0.2) is 14.8 Å². The molecule has 0 atom stereocenters. The van der Waals surface area contributed by atoms with Crippen molar-refractivity contribution in [3.05, 3.63) is 26.7 Å².